The zero-order chi connectivity index (χ0) is 13.9. The van der Waals surface area contributed by atoms with Gasteiger partial charge in [0.1, 0.15) is 5.82 Å². The van der Waals surface area contributed by atoms with Gasteiger partial charge in [0.15, 0.2) is 0 Å². The molecule has 0 amide bonds. The van der Waals surface area contributed by atoms with E-state index in [0.717, 1.165) is 0 Å². The van der Waals surface area contributed by atoms with Crippen molar-refractivity contribution in [1.29, 1.82) is 0 Å². The maximum atomic E-state index is 13.8. The van der Waals surface area contributed by atoms with Crippen molar-refractivity contribution in [2.45, 2.75) is 26.1 Å². The molecule has 0 bridgehead atoms. The third-order valence-electron chi connectivity index (χ3n) is 2.48. The van der Waals surface area contributed by atoms with Crippen molar-refractivity contribution < 1.29 is 18.3 Å². The summed E-state index contributed by atoms with van der Waals surface area (Å²) in [4.78, 5) is 11.2. The standard InChI is InChI=1S/C12H14ClF2NO2.ClH/c1-3-18-12(17)10(15)11(16)8-7(13)5-4-6(2)9(8)14;/h4-5,10-11H,3,16H2,1-2H3;1H/t10?,11-;/m0./s1. The molecule has 2 N–H and O–H groups in total. The zero-order valence-electron chi connectivity index (χ0n) is 10.5. The Morgan fingerprint density at radius 3 is 2.63 bits per heavy atom. The molecule has 1 aromatic carbocycles. The van der Waals surface area contributed by atoms with Gasteiger partial charge in [-0.05, 0) is 25.5 Å². The van der Waals surface area contributed by atoms with E-state index >= 15 is 0 Å². The van der Waals surface area contributed by atoms with Crippen molar-refractivity contribution in [2.24, 2.45) is 5.73 Å². The molecule has 0 aromatic heterocycles. The average Bonchev–Trinajstić information content (AvgIpc) is 2.33. The van der Waals surface area contributed by atoms with E-state index in [4.69, 9.17) is 17.3 Å². The number of rotatable bonds is 4. The molecule has 1 aromatic rings. The van der Waals surface area contributed by atoms with E-state index in [2.05, 4.69) is 4.74 Å². The monoisotopic (exact) mass is 313 g/mol. The number of esters is 1. The van der Waals surface area contributed by atoms with Gasteiger partial charge in [0.05, 0.1) is 12.6 Å². The van der Waals surface area contributed by atoms with Gasteiger partial charge in [-0.3, -0.25) is 0 Å². The van der Waals surface area contributed by atoms with Crippen LogP contribution < -0.4 is 5.73 Å². The van der Waals surface area contributed by atoms with E-state index in [1.54, 1.807) is 0 Å². The molecule has 19 heavy (non-hydrogen) atoms. The first-order valence-electron chi connectivity index (χ1n) is 5.40. The predicted molar refractivity (Wildman–Crippen MR) is 71.9 cm³/mol. The Morgan fingerprint density at radius 2 is 2.11 bits per heavy atom. The van der Waals surface area contributed by atoms with Crippen LogP contribution in [0.1, 0.15) is 24.1 Å². The summed E-state index contributed by atoms with van der Waals surface area (Å²) in [5, 5.41) is -0.0162. The third kappa shape index (κ3) is 4.03. The number of aryl methyl sites for hydroxylation is 1. The highest BCUT2D eigenvalue weighted by atomic mass is 35.5. The number of hydrogen-bond donors (Lipinski definition) is 1. The second-order valence-corrected chi connectivity index (χ2v) is 4.18. The molecule has 0 aliphatic heterocycles. The molecule has 108 valence electrons. The highest BCUT2D eigenvalue weighted by molar-refractivity contribution is 6.31. The Kier molecular flexibility index (Phi) is 7.26. The molecule has 3 nitrogen and oxygen atoms in total. The van der Waals surface area contributed by atoms with Gasteiger partial charge >= 0.3 is 5.97 Å². The molecule has 0 radical (unpaired) electrons. The van der Waals surface area contributed by atoms with Crippen LogP contribution in [0.3, 0.4) is 0 Å². The molecule has 0 heterocycles. The van der Waals surface area contributed by atoms with E-state index in [0.29, 0.717) is 0 Å². The smallest absolute Gasteiger partial charge is 0.342 e. The van der Waals surface area contributed by atoms with Crippen LogP contribution in [0.4, 0.5) is 8.78 Å². The fourth-order valence-electron chi connectivity index (χ4n) is 1.50. The highest BCUT2D eigenvalue weighted by Gasteiger charge is 2.31. The van der Waals surface area contributed by atoms with Crippen LogP contribution in [0.15, 0.2) is 12.1 Å². The summed E-state index contributed by atoms with van der Waals surface area (Å²) < 4.78 is 32.1. The molecule has 1 rings (SSSR count). The minimum absolute atomic E-state index is 0. The summed E-state index contributed by atoms with van der Waals surface area (Å²) in [6.45, 7) is 3.06. The maximum Gasteiger partial charge on any atom is 0.342 e. The summed E-state index contributed by atoms with van der Waals surface area (Å²) in [7, 11) is 0. The first kappa shape index (κ1) is 18.1. The molecule has 0 spiro atoms. The number of carbonyl (C=O) groups excluding carboxylic acids is 1. The number of hydrogen-bond acceptors (Lipinski definition) is 3. The van der Waals surface area contributed by atoms with Crippen LogP contribution in [-0.2, 0) is 9.53 Å². The number of carbonyl (C=O) groups is 1. The van der Waals surface area contributed by atoms with Crippen molar-refractivity contribution in [3.05, 3.63) is 34.1 Å². The highest BCUT2D eigenvalue weighted by Crippen LogP contribution is 2.29. The summed E-state index contributed by atoms with van der Waals surface area (Å²) in [6.07, 6.45) is -2.15. The van der Waals surface area contributed by atoms with Gasteiger partial charge in [0.25, 0.3) is 0 Å². The molecule has 1 unspecified atom stereocenters. The Bertz CT molecular complexity index is 458. The lowest BCUT2D eigenvalue weighted by Crippen LogP contribution is -2.32. The summed E-state index contributed by atoms with van der Waals surface area (Å²) in [5.74, 6) is -1.83. The summed E-state index contributed by atoms with van der Waals surface area (Å²) in [6, 6.07) is 1.37. The fraction of sp³-hybridized carbons (Fsp3) is 0.417. The largest absolute Gasteiger partial charge is 0.464 e. The van der Waals surface area contributed by atoms with E-state index in [1.807, 2.05) is 0 Å². The number of benzene rings is 1. The lowest BCUT2D eigenvalue weighted by Gasteiger charge is -2.18. The van der Waals surface area contributed by atoms with Gasteiger partial charge in [0, 0.05) is 10.6 Å². The first-order valence-corrected chi connectivity index (χ1v) is 5.78. The Labute approximate surface area is 121 Å². The quantitative estimate of drug-likeness (QED) is 0.869. The van der Waals surface area contributed by atoms with Gasteiger partial charge in [0.2, 0.25) is 6.17 Å². The van der Waals surface area contributed by atoms with Crippen molar-refractivity contribution in [1.82, 2.24) is 0 Å². The Morgan fingerprint density at radius 1 is 1.53 bits per heavy atom. The Hall–Kier alpha value is -0.910. The van der Waals surface area contributed by atoms with E-state index in [-0.39, 0.29) is 35.2 Å². The maximum absolute atomic E-state index is 13.8. The summed E-state index contributed by atoms with van der Waals surface area (Å²) in [5.41, 5.74) is 5.61. The molecule has 0 saturated heterocycles. The Balaban J connectivity index is 0.00000324. The number of nitrogens with two attached hydrogens (primary N) is 1. The topological polar surface area (TPSA) is 52.3 Å². The molecular formula is C12H15Cl2F2NO2. The van der Waals surface area contributed by atoms with Gasteiger partial charge < -0.3 is 10.5 Å². The third-order valence-corrected chi connectivity index (χ3v) is 2.81. The zero-order valence-corrected chi connectivity index (χ0v) is 12.0. The minimum atomic E-state index is -2.15. The summed E-state index contributed by atoms with van der Waals surface area (Å²) >= 11 is 5.78. The molecular weight excluding hydrogens is 299 g/mol. The van der Waals surface area contributed by atoms with E-state index in [9.17, 15) is 13.6 Å². The second kappa shape index (κ2) is 7.62. The first-order chi connectivity index (χ1) is 8.40. The number of alkyl halides is 1. The van der Waals surface area contributed by atoms with Gasteiger partial charge in [-0.15, -0.1) is 12.4 Å². The fourth-order valence-corrected chi connectivity index (χ4v) is 1.77. The molecule has 0 saturated carbocycles. The number of ether oxygens (including phenoxy) is 1. The van der Waals surface area contributed by atoms with Crippen LogP contribution in [0, 0.1) is 12.7 Å². The van der Waals surface area contributed by atoms with Crippen molar-refractivity contribution >= 4 is 30.0 Å². The normalized spacial score (nSPS) is 13.4. The second-order valence-electron chi connectivity index (χ2n) is 3.77. The minimum Gasteiger partial charge on any atom is -0.464 e. The van der Waals surface area contributed by atoms with E-state index < -0.39 is 24.0 Å². The lowest BCUT2D eigenvalue weighted by molar-refractivity contribution is -0.149. The van der Waals surface area contributed by atoms with Gasteiger partial charge in [-0.1, -0.05) is 17.7 Å². The predicted octanol–water partition coefficient (Wildman–Crippen LogP) is 3.11. The SMILES string of the molecule is CCOC(=O)C(F)[C@@H](N)c1c(Cl)ccc(C)c1F.Cl. The van der Waals surface area contributed by atoms with Gasteiger partial charge in [-0.25, -0.2) is 13.6 Å². The van der Waals surface area contributed by atoms with Crippen LogP contribution in [0.25, 0.3) is 0 Å². The lowest BCUT2D eigenvalue weighted by atomic mass is 10.00. The van der Waals surface area contributed by atoms with Crippen LogP contribution in [0.5, 0.6) is 0 Å². The molecule has 0 aliphatic carbocycles. The molecule has 7 heteroatoms. The molecule has 0 fully saturated rings. The molecule has 2 atom stereocenters. The van der Waals surface area contributed by atoms with E-state index in [1.165, 1.54) is 26.0 Å². The van der Waals surface area contributed by atoms with Crippen molar-refractivity contribution in [2.75, 3.05) is 6.61 Å². The van der Waals surface area contributed by atoms with Gasteiger partial charge in [-0.2, -0.15) is 0 Å². The molecule has 0 aliphatic rings. The number of halogens is 4. The van der Waals surface area contributed by atoms with Crippen LogP contribution in [-0.4, -0.2) is 18.7 Å². The van der Waals surface area contributed by atoms with Crippen molar-refractivity contribution in [3.8, 4) is 0 Å². The van der Waals surface area contributed by atoms with Crippen LogP contribution >= 0.6 is 24.0 Å². The van der Waals surface area contributed by atoms with Crippen molar-refractivity contribution in [3.63, 3.8) is 0 Å². The average molecular weight is 314 g/mol. The van der Waals surface area contributed by atoms with Crippen LogP contribution in [0.2, 0.25) is 5.02 Å².